The third kappa shape index (κ3) is 5.93. The van der Waals surface area contributed by atoms with Crippen LogP contribution in [0, 0.1) is 27.7 Å². The number of nitrogens with one attached hydrogen (secondary N) is 1. The minimum Gasteiger partial charge on any atom is -0.317 e. The molecule has 4 aromatic rings. The lowest BCUT2D eigenvalue weighted by Crippen LogP contribution is -2.39. The average molecular weight is 529 g/mol. The van der Waals surface area contributed by atoms with Crippen molar-refractivity contribution in [1.82, 2.24) is 14.3 Å². The summed E-state index contributed by atoms with van der Waals surface area (Å²) in [5.74, 6) is -0.528. The number of para-hydroxylation sites is 1. The van der Waals surface area contributed by atoms with Crippen LogP contribution < -0.4 is 5.43 Å². The van der Waals surface area contributed by atoms with E-state index in [9.17, 15) is 13.2 Å². The number of rotatable bonds is 9. The lowest BCUT2D eigenvalue weighted by Gasteiger charge is -2.21. The lowest BCUT2D eigenvalue weighted by atomic mass is 10.1. The Balaban J connectivity index is 1.53. The average Bonchev–Trinajstić information content (AvgIpc) is 3.17. The molecule has 1 heterocycles. The molecule has 0 aliphatic carbocycles. The summed E-state index contributed by atoms with van der Waals surface area (Å²) in [6.07, 6.45) is 1.59. The van der Waals surface area contributed by atoms with Gasteiger partial charge in [-0.2, -0.15) is 9.41 Å². The van der Waals surface area contributed by atoms with E-state index < -0.39 is 15.9 Å². The number of carbonyl (C=O) groups is 1. The minimum atomic E-state index is -3.90. The molecule has 0 atom stereocenters. The molecule has 0 saturated carbocycles. The predicted octanol–water partition coefficient (Wildman–Crippen LogP) is 5.05. The van der Waals surface area contributed by atoms with Crippen LogP contribution in [0.4, 0.5) is 0 Å². The second-order valence-electron chi connectivity index (χ2n) is 9.27. The Bertz CT molecular complexity index is 1540. The molecule has 7 nitrogen and oxygen atoms in total. The van der Waals surface area contributed by atoms with Crippen molar-refractivity contribution in [2.24, 2.45) is 5.10 Å². The topological polar surface area (TPSA) is 83.8 Å². The van der Waals surface area contributed by atoms with Gasteiger partial charge in [-0.3, -0.25) is 4.79 Å². The van der Waals surface area contributed by atoms with Crippen LogP contribution in [-0.2, 0) is 21.4 Å². The number of aryl methyl sites for hydroxylation is 3. The third-order valence-electron chi connectivity index (χ3n) is 6.43. The molecule has 0 spiro atoms. The summed E-state index contributed by atoms with van der Waals surface area (Å²) in [6.45, 7) is 7.90. The maximum absolute atomic E-state index is 13.3. The fraction of sp³-hybridized carbons (Fsp3) is 0.200. The first-order valence-corrected chi connectivity index (χ1v) is 13.8. The van der Waals surface area contributed by atoms with Crippen molar-refractivity contribution in [3.8, 4) is 5.69 Å². The summed E-state index contributed by atoms with van der Waals surface area (Å²) in [5.41, 5.74) is 9.67. The maximum atomic E-state index is 13.3. The number of amides is 1. The zero-order valence-electron chi connectivity index (χ0n) is 22.0. The molecule has 8 heteroatoms. The number of sulfonamides is 1. The van der Waals surface area contributed by atoms with E-state index in [0.29, 0.717) is 0 Å². The summed E-state index contributed by atoms with van der Waals surface area (Å²) >= 11 is 0. The van der Waals surface area contributed by atoms with Gasteiger partial charge in [-0.15, -0.1) is 0 Å². The summed E-state index contributed by atoms with van der Waals surface area (Å²) in [4.78, 5) is 13.0. The molecule has 0 aliphatic rings. The molecule has 196 valence electrons. The molecule has 1 amide bonds. The highest BCUT2D eigenvalue weighted by Gasteiger charge is 2.26. The molecule has 0 saturated heterocycles. The monoisotopic (exact) mass is 528 g/mol. The van der Waals surface area contributed by atoms with Gasteiger partial charge in [0.05, 0.1) is 23.3 Å². The van der Waals surface area contributed by atoms with Crippen LogP contribution in [0.5, 0.6) is 0 Å². The van der Waals surface area contributed by atoms with Crippen LogP contribution in [-0.4, -0.2) is 36.0 Å². The number of hydrogen-bond acceptors (Lipinski definition) is 4. The highest BCUT2D eigenvalue weighted by molar-refractivity contribution is 7.89. The molecular weight excluding hydrogens is 496 g/mol. The van der Waals surface area contributed by atoms with E-state index in [-0.39, 0.29) is 18.0 Å². The van der Waals surface area contributed by atoms with Crippen molar-refractivity contribution >= 4 is 22.1 Å². The number of aromatic nitrogens is 1. The molecule has 3 aromatic carbocycles. The van der Waals surface area contributed by atoms with E-state index in [1.165, 1.54) is 23.3 Å². The Morgan fingerprint density at radius 2 is 1.50 bits per heavy atom. The van der Waals surface area contributed by atoms with E-state index in [4.69, 9.17) is 0 Å². The van der Waals surface area contributed by atoms with Gasteiger partial charge in [0.1, 0.15) is 0 Å². The van der Waals surface area contributed by atoms with Crippen LogP contribution in [0.3, 0.4) is 0 Å². The van der Waals surface area contributed by atoms with Gasteiger partial charge in [0, 0.05) is 23.5 Å². The molecule has 1 aromatic heterocycles. The van der Waals surface area contributed by atoms with Crippen LogP contribution in [0.15, 0.2) is 94.9 Å². The Hall–Kier alpha value is -4.01. The minimum absolute atomic E-state index is 0.0616. The molecule has 0 unspecified atom stereocenters. The Kier molecular flexibility index (Phi) is 8.24. The van der Waals surface area contributed by atoms with Gasteiger partial charge in [-0.05, 0) is 62.6 Å². The van der Waals surface area contributed by atoms with Gasteiger partial charge in [0.15, 0.2) is 0 Å². The van der Waals surface area contributed by atoms with Crippen molar-refractivity contribution < 1.29 is 13.2 Å². The highest BCUT2D eigenvalue weighted by atomic mass is 32.2. The van der Waals surface area contributed by atoms with Crippen molar-refractivity contribution in [2.75, 3.05) is 6.54 Å². The number of nitrogens with zero attached hydrogens (tertiary/aromatic N) is 3. The predicted molar refractivity (Wildman–Crippen MR) is 151 cm³/mol. The highest BCUT2D eigenvalue weighted by Crippen LogP contribution is 2.25. The van der Waals surface area contributed by atoms with Gasteiger partial charge in [0.25, 0.3) is 5.91 Å². The zero-order valence-corrected chi connectivity index (χ0v) is 22.9. The SMILES string of the molecule is Cc1cccc(C)c1-n1c(C)cc(/C=N/NC(=O)CN(Cc2ccccc2)S(=O)(=O)c2ccccc2)c1C. The van der Waals surface area contributed by atoms with Crippen molar-refractivity contribution in [1.29, 1.82) is 0 Å². The van der Waals surface area contributed by atoms with Crippen LogP contribution >= 0.6 is 0 Å². The molecule has 0 aliphatic heterocycles. The Morgan fingerprint density at radius 3 is 2.13 bits per heavy atom. The van der Waals surface area contributed by atoms with Gasteiger partial charge in [-0.1, -0.05) is 66.7 Å². The summed E-state index contributed by atoms with van der Waals surface area (Å²) in [6, 6.07) is 25.5. The fourth-order valence-corrected chi connectivity index (χ4v) is 5.95. The third-order valence-corrected chi connectivity index (χ3v) is 8.23. The molecule has 0 fully saturated rings. The molecule has 38 heavy (non-hydrogen) atoms. The van der Waals surface area contributed by atoms with Crippen molar-refractivity contribution in [2.45, 2.75) is 39.1 Å². The normalized spacial score (nSPS) is 11.8. The van der Waals surface area contributed by atoms with Gasteiger partial charge < -0.3 is 4.57 Å². The number of hydrogen-bond donors (Lipinski definition) is 1. The Morgan fingerprint density at radius 1 is 0.895 bits per heavy atom. The molecule has 0 radical (unpaired) electrons. The van der Waals surface area contributed by atoms with Crippen molar-refractivity contribution in [3.63, 3.8) is 0 Å². The van der Waals surface area contributed by atoms with Gasteiger partial charge in [-0.25, -0.2) is 13.8 Å². The molecular formula is C30H32N4O3S. The Labute approximate surface area is 224 Å². The van der Waals surface area contributed by atoms with Gasteiger partial charge in [0.2, 0.25) is 10.0 Å². The first kappa shape index (κ1) is 27.0. The lowest BCUT2D eigenvalue weighted by molar-refractivity contribution is -0.121. The zero-order chi connectivity index (χ0) is 27.3. The van der Waals surface area contributed by atoms with E-state index in [1.54, 1.807) is 24.4 Å². The van der Waals surface area contributed by atoms with Crippen LogP contribution in [0.25, 0.3) is 5.69 Å². The summed E-state index contributed by atoms with van der Waals surface area (Å²) < 4.78 is 30.0. The van der Waals surface area contributed by atoms with E-state index in [0.717, 1.165) is 32.5 Å². The fourth-order valence-electron chi connectivity index (χ4n) is 4.54. The first-order chi connectivity index (χ1) is 18.2. The quantitative estimate of drug-likeness (QED) is 0.244. The summed E-state index contributed by atoms with van der Waals surface area (Å²) in [7, 11) is -3.90. The largest absolute Gasteiger partial charge is 0.317 e. The first-order valence-electron chi connectivity index (χ1n) is 12.3. The van der Waals surface area contributed by atoms with Gasteiger partial charge >= 0.3 is 0 Å². The smallest absolute Gasteiger partial charge is 0.255 e. The summed E-state index contributed by atoms with van der Waals surface area (Å²) in [5, 5.41) is 4.15. The molecule has 1 N–H and O–H groups in total. The second-order valence-corrected chi connectivity index (χ2v) is 11.2. The maximum Gasteiger partial charge on any atom is 0.255 e. The van der Waals surface area contributed by atoms with E-state index in [2.05, 4.69) is 41.1 Å². The molecule has 4 rings (SSSR count). The van der Waals surface area contributed by atoms with Crippen LogP contribution in [0.2, 0.25) is 0 Å². The van der Waals surface area contributed by atoms with E-state index >= 15 is 0 Å². The molecule has 0 bridgehead atoms. The van der Waals surface area contributed by atoms with Crippen molar-refractivity contribution in [3.05, 3.63) is 119 Å². The second kappa shape index (κ2) is 11.6. The standard InChI is InChI=1S/C30H32N4O3S/c1-22-12-11-13-23(2)30(22)34-24(3)18-27(25(34)4)19-31-32-29(35)21-33(20-26-14-7-5-8-15-26)38(36,37)28-16-9-6-10-17-28/h5-19H,20-21H2,1-4H3,(H,32,35)/b31-19+. The van der Waals surface area contributed by atoms with E-state index in [1.807, 2.05) is 56.3 Å². The number of carbonyl (C=O) groups excluding carboxylic acids is 1. The number of hydrazone groups is 1. The number of benzene rings is 3. The van der Waals surface area contributed by atoms with Crippen LogP contribution in [0.1, 0.15) is 33.6 Å².